The maximum absolute atomic E-state index is 13.1. The van der Waals surface area contributed by atoms with Gasteiger partial charge in [0.15, 0.2) is 0 Å². The van der Waals surface area contributed by atoms with Gasteiger partial charge in [-0.3, -0.25) is 9.78 Å². The molecule has 27 heavy (non-hydrogen) atoms. The van der Waals surface area contributed by atoms with Crippen molar-refractivity contribution in [3.63, 3.8) is 0 Å². The van der Waals surface area contributed by atoms with E-state index in [0.29, 0.717) is 22.2 Å². The second-order valence-corrected chi connectivity index (χ2v) is 8.37. The number of benzene rings is 1. The van der Waals surface area contributed by atoms with Crippen LogP contribution in [0.25, 0.3) is 0 Å². The number of fused-ring (bicyclic) bond motifs is 2. The molecule has 2 saturated heterocycles. The minimum absolute atomic E-state index is 0.157. The van der Waals surface area contributed by atoms with Crippen molar-refractivity contribution in [3.8, 4) is 0 Å². The second-order valence-electron chi connectivity index (χ2n) is 7.56. The number of aromatic nitrogens is 1. The maximum Gasteiger partial charge on any atom is 0.230 e. The Kier molecular flexibility index (Phi) is 4.67. The lowest BCUT2D eigenvalue weighted by Crippen LogP contribution is -2.47. The SMILES string of the molecule is Cc1cc([C@H]2[C@H](C(=O)Nc3ccc(Cl)c(Cl)c3)[C@@H]3C[C@](C)(O)[C@H]2O3)ccn1. The average Bonchev–Trinajstić information content (AvgIpc) is 3.11. The van der Waals surface area contributed by atoms with Gasteiger partial charge >= 0.3 is 0 Å². The Morgan fingerprint density at radius 3 is 2.78 bits per heavy atom. The molecule has 1 amide bonds. The van der Waals surface area contributed by atoms with Gasteiger partial charge in [-0.2, -0.15) is 0 Å². The van der Waals surface area contributed by atoms with Crippen molar-refractivity contribution in [1.82, 2.24) is 4.98 Å². The normalized spacial score (nSPS) is 31.9. The third-order valence-corrected chi connectivity index (χ3v) is 6.20. The number of nitrogens with one attached hydrogen (secondary N) is 1. The zero-order valence-electron chi connectivity index (χ0n) is 14.9. The fourth-order valence-electron chi connectivity index (χ4n) is 4.30. The standard InChI is InChI=1S/C20H20Cl2N2O3/c1-10-7-11(5-6-23-10)16-17(15-9-20(2,26)18(16)27-15)19(25)24-12-3-4-13(21)14(22)8-12/h3-8,15-18,26H,9H2,1-2H3,(H,24,25)/t15-,16-,17+,18-,20-/m0/s1. The fourth-order valence-corrected chi connectivity index (χ4v) is 4.60. The summed E-state index contributed by atoms with van der Waals surface area (Å²) in [7, 11) is 0. The molecule has 142 valence electrons. The third kappa shape index (κ3) is 3.34. The van der Waals surface area contributed by atoms with E-state index in [2.05, 4.69) is 10.3 Å². The summed E-state index contributed by atoms with van der Waals surface area (Å²) >= 11 is 12.0. The summed E-state index contributed by atoms with van der Waals surface area (Å²) in [4.78, 5) is 17.4. The van der Waals surface area contributed by atoms with E-state index in [-0.39, 0.29) is 17.9 Å². The average molecular weight is 407 g/mol. The number of anilines is 1. The summed E-state index contributed by atoms with van der Waals surface area (Å²) < 4.78 is 6.03. The van der Waals surface area contributed by atoms with Crippen molar-refractivity contribution in [2.24, 2.45) is 5.92 Å². The van der Waals surface area contributed by atoms with E-state index in [1.54, 1.807) is 31.3 Å². The van der Waals surface area contributed by atoms with Crippen molar-refractivity contribution in [2.45, 2.75) is 44.0 Å². The van der Waals surface area contributed by atoms with Crippen LogP contribution in [0.1, 0.15) is 30.5 Å². The van der Waals surface area contributed by atoms with Gasteiger partial charge in [0.2, 0.25) is 5.91 Å². The van der Waals surface area contributed by atoms with Crippen LogP contribution in [0.4, 0.5) is 5.69 Å². The van der Waals surface area contributed by atoms with E-state index in [0.717, 1.165) is 11.3 Å². The Labute approximate surface area is 167 Å². The molecular weight excluding hydrogens is 387 g/mol. The number of aryl methyl sites for hydroxylation is 1. The summed E-state index contributed by atoms with van der Waals surface area (Å²) in [5.74, 6) is -0.814. The van der Waals surface area contributed by atoms with E-state index >= 15 is 0 Å². The first kappa shape index (κ1) is 18.7. The molecule has 5 nitrogen and oxygen atoms in total. The van der Waals surface area contributed by atoms with Gasteiger partial charge in [-0.05, 0) is 49.7 Å². The van der Waals surface area contributed by atoms with Gasteiger partial charge in [0.1, 0.15) is 0 Å². The number of carbonyl (C=O) groups is 1. The zero-order valence-corrected chi connectivity index (χ0v) is 16.5. The summed E-state index contributed by atoms with van der Waals surface area (Å²) in [6.45, 7) is 3.67. The molecule has 0 aliphatic carbocycles. The summed E-state index contributed by atoms with van der Waals surface area (Å²) in [6, 6.07) is 8.81. The molecule has 2 aromatic rings. The molecule has 2 aliphatic rings. The highest BCUT2D eigenvalue weighted by Crippen LogP contribution is 2.53. The molecule has 5 atom stereocenters. The number of amides is 1. The molecule has 2 aliphatic heterocycles. The van der Waals surface area contributed by atoms with Crippen molar-refractivity contribution < 1.29 is 14.6 Å². The van der Waals surface area contributed by atoms with Crippen LogP contribution in [0.15, 0.2) is 36.5 Å². The predicted molar refractivity (Wildman–Crippen MR) is 104 cm³/mol. The number of ether oxygens (including phenoxy) is 1. The van der Waals surface area contributed by atoms with E-state index in [1.807, 2.05) is 19.1 Å². The summed E-state index contributed by atoms with van der Waals surface area (Å²) in [6.07, 6.45) is 1.37. The number of nitrogens with zero attached hydrogens (tertiary/aromatic N) is 1. The molecule has 2 bridgehead atoms. The highest BCUT2D eigenvalue weighted by molar-refractivity contribution is 6.42. The fraction of sp³-hybridized carbons (Fsp3) is 0.400. The van der Waals surface area contributed by atoms with Crippen molar-refractivity contribution in [1.29, 1.82) is 0 Å². The number of rotatable bonds is 3. The second kappa shape index (κ2) is 6.74. The first-order valence-corrected chi connectivity index (χ1v) is 9.58. The Balaban J connectivity index is 1.65. The van der Waals surface area contributed by atoms with Gasteiger partial charge in [-0.15, -0.1) is 0 Å². The lowest BCUT2D eigenvalue weighted by Gasteiger charge is -2.36. The van der Waals surface area contributed by atoms with E-state index in [1.165, 1.54) is 0 Å². The molecule has 3 heterocycles. The van der Waals surface area contributed by atoms with E-state index < -0.39 is 17.6 Å². The molecule has 7 heteroatoms. The van der Waals surface area contributed by atoms with Crippen molar-refractivity contribution in [3.05, 3.63) is 57.8 Å². The minimum Gasteiger partial charge on any atom is -0.387 e. The van der Waals surface area contributed by atoms with Crippen LogP contribution >= 0.6 is 23.2 Å². The Morgan fingerprint density at radius 1 is 1.30 bits per heavy atom. The number of halogens is 2. The van der Waals surface area contributed by atoms with E-state index in [9.17, 15) is 9.90 Å². The van der Waals surface area contributed by atoms with Gasteiger partial charge in [0, 0.05) is 29.9 Å². The number of aliphatic hydroxyl groups is 1. The Bertz CT molecular complexity index is 903. The Morgan fingerprint density at radius 2 is 2.07 bits per heavy atom. The van der Waals surface area contributed by atoms with Crippen LogP contribution in [-0.2, 0) is 9.53 Å². The van der Waals surface area contributed by atoms with Crippen LogP contribution in [-0.4, -0.2) is 33.8 Å². The molecule has 1 aromatic heterocycles. The zero-order chi connectivity index (χ0) is 19.3. The quantitative estimate of drug-likeness (QED) is 0.808. The molecule has 1 aromatic carbocycles. The molecule has 2 N–H and O–H groups in total. The van der Waals surface area contributed by atoms with Crippen LogP contribution in [0.2, 0.25) is 10.0 Å². The summed E-state index contributed by atoms with van der Waals surface area (Å²) in [5.41, 5.74) is 1.42. The van der Waals surface area contributed by atoms with Gasteiger partial charge < -0.3 is 15.2 Å². The monoisotopic (exact) mass is 406 g/mol. The van der Waals surface area contributed by atoms with Crippen molar-refractivity contribution >= 4 is 34.8 Å². The highest BCUT2D eigenvalue weighted by atomic mass is 35.5. The van der Waals surface area contributed by atoms with Crippen molar-refractivity contribution in [2.75, 3.05) is 5.32 Å². The predicted octanol–water partition coefficient (Wildman–Crippen LogP) is 3.96. The molecule has 2 fully saturated rings. The van der Waals surface area contributed by atoms with Crippen LogP contribution in [0.3, 0.4) is 0 Å². The number of hydrogen-bond donors (Lipinski definition) is 2. The largest absolute Gasteiger partial charge is 0.387 e. The third-order valence-electron chi connectivity index (χ3n) is 5.46. The molecule has 4 rings (SSSR count). The van der Waals surface area contributed by atoms with Crippen LogP contribution in [0.5, 0.6) is 0 Å². The van der Waals surface area contributed by atoms with Crippen LogP contribution in [0, 0.1) is 12.8 Å². The molecule has 0 spiro atoms. The number of carbonyl (C=O) groups excluding carboxylic acids is 1. The smallest absolute Gasteiger partial charge is 0.230 e. The minimum atomic E-state index is -0.965. The number of hydrogen-bond acceptors (Lipinski definition) is 4. The maximum atomic E-state index is 13.1. The molecule has 0 saturated carbocycles. The summed E-state index contributed by atoms with van der Waals surface area (Å²) in [5, 5.41) is 14.5. The van der Waals surface area contributed by atoms with Crippen LogP contribution < -0.4 is 5.32 Å². The highest BCUT2D eigenvalue weighted by Gasteiger charge is 2.61. The first-order valence-electron chi connectivity index (χ1n) is 8.82. The first-order chi connectivity index (χ1) is 12.8. The topological polar surface area (TPSA) is 71.5 Å². The molecular formula is C20H20Cl2N2O3. The van der Waals surface area contributed by atoms with E-state index in [4.69, 9.17) is 27.9 Å². The van der Waals surface area contributed by atoms with Gasteiger partial charge in [-0.25, -0.2) is 0 Å². The van der Waals surface area contributed by atoms with Gasteiger partial charge in [0.05, 0.1) is 33.8 Å². The Hall–Kier alpha value is -1.66. The lowest BCUT2D eigenvalue weighted by molar-refractivity contribution is -0.122. The lowest BCUT2D eigenvalue weighted by atomic mass is 9.69. The number of pyridine rings is 1. The molecule has 0 unspecified atom stereocenters. The van der Waals surface area contributed by atoms with Gasteiger partial charge in [-0.1, -0.05) is 23.2 Å². The molecule has 0 radical (unpaired) electrons. The van der Waals surface area contributed by atoms with Gasteiger partial charge in [0.25, 0.3) is 0 Å².